The molecule has 0 bridgehead atoms. The van der Waals surface area contributed by atoms with Gasteiger partial charge in [-0.15, -0.1) is 0 Å². The van der Waals surface area contributed by atoms with Crippen LogP contribution in [0.25, 0.3) is 0 Å². The molecule has 0 N–H and O–H groups in total. The molecule has 0 atom stereocenters. The zero-order valence-electron chi connectivity index (χ0n) is 14.9. The standard InChI is InChI=1S/C19H27N3O3/c1-16-6-2-3-7-17(16)25-15-19(24)22-12-10-20(11-13-22)14-18(23)21-8-4-5-9-21/h2-3,6-7H,4-5,8-15H2,1H3. The molecule has 25 heavy (non-hydrogen) atoms. The molecule has 6 nitrogen and oxygen atoms in total. The molecular weight excluding hydrogens is 318 g/mol. The van der Waals surface area contributed by atoms with Gasteiger partial charge in [0.2, 0.25) is 5.91 Å². The van der Waals surface area contributed by atoms with E-state index in [9.17, 15) is 9.59 Å². The van der Waals surface area contributed by atoms with E-state index in [0.717, 1.165) is 50.3 Å². The van der Waals surface area contributed by atoms with Crippen molar-refractivity contribution in [3.05, 3.63) is 29.8 Å². The van der Waals surface area contributed by atoms with Crippen molar-refractivity contribution in [3.8, 4) is 5.75 Å². The zero-order valence-corrected chi connectivity index (χ0v) is 14.9. The molecule has 2 aliphatic rings. The van der Waals surface area contributed by atoms with E-state index in [4.69, 9.17) is 4.74 Å². The van der Waals surface area contributed by atoms with E-state index in [1.165, 1.54) is 0 Å². The average molecular weight is 345 g/mol. The molecule has 1 aromatic carbocycles. The van der Waals surface area contributed by atoms with Gasteiger partial charge in [0.1, 0.15) is 5.75 Å². The third-order valence-electron chi connectivity index (χ3n) is 4.99. The summed E-state index contributed by atoms with van der Waals surface area (Å²) >= 11 is 0. The van der Waals surface area contributed by atoms with Gasteiger partial charge in [-0.3, -0.25) is 14.5 Å². The smallest absolute Gasteiger partial charge is 0.260 e. The fourth-order valence-corrected chi connectivity index (χ4v) is 3.36. The summed E-state index contributed by atoms with van der Waals surface area (Å²) in [7, 11) is 0. The highest BCUT2D eigenvalue weighted by molar-refractivity contribution is 5.79. The number of para-hydroxylation sites is 1. The number of nitrogens with zero attached hydrogens (tertiary/aromatic N) is 3. The first kappa shape index (κ1) is 17.7. The molecule has 0 saturated carbocycles. The van der Waals surface area contributed by atoms with Gasteiger partial charge in [0, 0.05) is 39.3 Å². The number of carbonyl (C=O) groups excluding carboxylic acids is 2. The highest BCUT2D eigenvalue weighted by atomic mass is 16.5. The number of amides is 2. The Balaban J connectivity index is 1.40. The predicted octanol–water partition coefficient (Wildman–Crippen LogP) is 1.14. The fraction of sp³-hybridized carbons (Fsp3) is 0.579. The first-order valence-corrected chi connectivity index (χ1v) is 9.10. The number of ether oxygens (including phenoxy) is 1. The van der Waals surface area contributed by atoms with E-state index in [1.54, 1.807) is 0 Å². The molecule has 2 saturated heterocycles. The number of aryl methyl sites for hydroxylation is 1. The average Bonchev–Trinajstić information content (AvgIpc) is 3.16. The van der Waals surface area contributed by atoms with Crippen LogP contribution in [0.4, 0.5) is 0 Å². The number of carbonyl (C=O) groups is 2. The van der Waals surface area contributed by atoms with Gasteiger partial charge in [-0.1, -0.05) is 18.2 Å². The van der Waals surface area contributed by atoms with Crippen LogP contribution >= 0.6 is 0 Å². The molecule has 0 aliphatic carbocycles. The topological polar surface area (TPSA) is 53.1 Å². The number of likely N-dealkylation sites (tertiary alicyclic amines) is 1. The van der Waals surface area contributed by atoms with Crippen LogP contribution in [0.5, 0.6) is 5.75 Å². The second-order valence-corrected chi connectivity index (χ2v) is 6.80. The highest BCUT2D eigenvalue weighted by Crippen LogP contribution is 2.16. The SMILES string of the molecule is Cc1ccccc1OCC(=O)N1CCN(CC(=O)N2CCCC2)CC1. The number of hydrogen-bond donors (Lipinski definition) is 0. The van der Waals surface area contributed by atoms with E-state index in [0.29, 0.717) is 19.6 Å². The third kappa shape index (κ3) is 4.72. The maximum atomic E-state index is 12.3. The predicted molar refractivity (Wildman–Crippen MR) is 95.5 cm³/mol. The minimum Gasteiger partial charge on any atom is -0.484 e. The Morgan fingerprint density at radius 1 is 0.920 bits per heavy atom. The van der Waals surface area contributed by atoms with Crippen LogP contribution in [0.1, 0.15) is 18.4 Å². The lowest BCUT2D eigenvalue weighted by Gasteiger charge is -2.35. The molecule has 2 fully saturated rings. The van der Waals surface area contributed by atoms with Gasteiger partial charge in [-0.2, -0.15) is 0 Å². The van der Waals surface area contributed by atoms with Gasteiger partial charge in [0.25, 0.3) is 5.91 Å². The highest BCUT2D eigenvalue weighted by Gasteiger charge is 2.25. The maximum Gasteiger partial charge on any atom is 0.260 e. The maximum absolute atomic E-state index is 12.3. The van der Waals surface area contributed by atoms with Gasteiger partial charge >= 0.3 is 0 Å². The molecular formula is C19H27N3O3. The quantitative estimate of drug-likeness (QED) is 0.803. The van der Waals surface area contributed by atoms with Gasteiger partial charge < -0.3 is 14.5 Å². The van der Waals surface area contributed by atoms with Crippen LogP contribution in [-0.4, -0.2) is 78.9 Å². The Morgan fingerprint density at radius 3 is 2.24 bits per heavy atom. The third-order valence-corrected chi connectivity index (χ3v) is 4.99. The second-order valence-electron chi connectivity index (χ2n) is 6.80. The van der Waals surface area contributed by atoms with E-state index in [1.807, 2.05) is 41.0 Å². The van der Waals surface area contributed by atoms with Crippen molar-refractivity contribution in [2.75, 3.05) is 52.4 Å². The molecule has 2 heterocycles. The van der Waals surface area contributed by atoms with Gasteiger partial charge in [-0.05, 0) is 31.4 Å². The molecule has 1 aromatic rings. The molecule has 3 rings (SSSR count). The van der Waals surface area contributed by atoms with Crippen molar-refractivity contribution >= 4 is 11.8 Å². The Hall–Kier alpha value is -2.08. The lowest BCUT2D eigenvalue weighted by molar-refractivity contribution is -0.136. The molecule has 0 spiro atoms. The number of hydrogen-bond acceptors (Lipinski definition) is 4. The molecule has 6 heteroatoms. The number of benzene rings is 1. The van der Waals surface area contributed by atoms with Crippen molar-refractivity contribution in [2.24, 2.45) is 0 Å². The molecule has 2 aliphatic heterocycles. The van der Waals surface area contributed by atoms with Crippen molar-refractivity contribution in [1.82, 2.24) is 14.7 Å². The van der Waals surface area contributed by atoms with Crippen molar-refractivity contribution in [3.63, 3.8) is 0 Å². The molecule has 0 aromatic heterocycles. The Morgan fingerprint density at radius 2 is 1.56 bits per heavy atom. The van der Waals surface area contributed by atoms with Crippen LogP contribution in [-0.2, 0) is 9.59 Å². The van der Waals surface area contributed by atoms with Crippen LogP contribution in [0.3, 0.4) is 0 Å². The Kier molecular flexibility index (Phi) is 5.91. The van der Waals surface area contributed by atoms with Gasteiger partial charge in [0.05, 0.1) is 6.54 Å². The van der Waals surface area contributed by atoms with E-state index < -0.39 is 0 Å². The Bertz CT molecular complexity index is 606. The summed E-state index contributed by atoms with van der Waals surface area (Å²) < 4.78 is 5.65. The summed E-state index contributed by atoms with van der Waals surface area (Å²) in [5.41, 5.74) is 1.03. The first-order chi connectivity index (χ1) is 12.1. The summed E-state index contributed by atoms with van der Waals surface area (Å²) in [4.78, 5) is 30.5. The van der Waals surface area contributed by atoms with Crippen LogP contribution < -0.4 is 4.74 Å². The summed E-state index contributed by atoms with van der Waals surface area (Å²) in [5.74, 6) is 0.986. The summed E-state index contributed by atoms with van der Waals surface area (Å²) in [6.07, 6.45) is 2.24. The van der Waals surface area contributed by atoms with E-state index in [-0.39, 0.29) is 18.4 Å². The second kappa shape index (κ2) is 8.34. The summed E-state index contributed by atoms with van der Waals surface area (Å²) in [6.45, 7) is 7.11. The monoisotopic (exact) mass is 345 g/mol. The largest absolute Gasteiger partial charge is 0.484 e. The minimum atomic E-state index is 0.00812. The molecule has 2 amide bonds. The lowest BCUT2D eigenvalue weighted by atomic mass is 10.2. The fourth-order valence-electron chi connectivity index (χ4n) is 3.36. The summed E-state index contributed by atoms with van der Waals surface area (Å²) in [6, 6.07) is 7.70. The normalized spacial score (nSPS) is 18.4. The van der Waals surface area contributed by atoms with Crippen LogP contribution in [0, 0.1) is 6.92 Å². The van der Waals surface area contributed by atoms with Gasteiger partial charge in [-0.25, -0.2) is 0 Å². The number of piperazine rings is 1. The van der Waals surface area contributed by atoms with E-state index in [2.05, 4.69) is 4.90 Å². The molecule has 0 radical (unpaired) electrons. The Labute approximate surface area is 149 Å². The zero-order chi connectivity index (χ0) is 17.6. The molecule has 0 unspecified atom stereocenters. The number of rotatable bonds is 5. The lowest BCUT2D eigenvalue weighted by Crippen LogP contribution is -2.52. The summed E-state index contributed by atoms with van der Waals surface area (Å²) in [5, 5.41) is 0. The van der Waals surface area contributed by atoms with Crippen molar-refractivity contribution in [1.29, 1.82) is 0 Å². The minimum absolute atomic E-state index is 0.00812. The first-order valence-electron chi connectivity index (χ1n) is 9.10. The van der Waals surface area contributed by atoms with E-state index >= 15 is 0 Å². The van der Waals surface area contributed by atoms with Crippen molar-refractivity contribution < 1.29 is 14.3 Å². The van der Waals surface area contributed by atoms with Gasteiger partial charge in [0.15, 0.2) is 6.61 Å². The van der Waals surface area contributed by atoms with Crippen LogP contribution in [0.2, 0.25) is 0 Å². The van der Waals surface area contributed by atoms with Crippen molar-refractivity contribution in [2.45, 2.75) is 19.8 Å². The molecule has 136 valence electrons. The van der Waals surface area contributed by atoms with Crippen LogP contribution in [0.15, 0.2) is 24.3 Å².